The SMILES string of the molecule is CC1CCCC(CO)(NC(=O)C2C(C)(C)C2(C)C)C1. The van der Waals surface area contributed by atoms with Crippen LogP contribution < -0.4 is 5.32 Å². The van der Waals surface area contributed by atoms with Crippen molar-refractivity contribution in [3.05, 3.63) is 0 Å². The predicted octanol–water partition coefficient (Wildman–Crippen LogP) is 2.73. The van der Waals surface area contributed by atoms with Crippen LogP contribution in [0.1, 0.15) is 60.3 Å². The molecule has 0 spiro atoms. The second-order valence-electron chi connectivity index (χ2n) is 8.01. The van der Waals surface area contributed by atoms with Crippen molar-refractivity contribution in [2.45, 2.75) is 65.8 Å². The standard InChI is InChI=1S/C16H29NO2/c1-11-7-6-8-16(9-11,10-18)17-13(19)12-14(2,3)15(12,4)5/h11-12,18H,6-10H2,1-5H3,(H,17,19). The minimum absolute atomic E-state index is 0.0635. The van der Waals surface area contributed by atoms with Gasteiger partial charge in [0, 0.05) is 5.92 Å². The van der Waals surface area contributed by atoms with Gasteiger partial charge in [-0.15, -0.1) is 0 Å². The Bertz CT molecular complexity index is 361. The summed E-state index contributed by atoms with van der Waals surface area (Å²) in [4.78, 5) is 12.6. The summed E-state index contributed by atoms with van der Waals surface area (Å²) in [7, 11) is 0. The van der Waals surface area contributed by atoms with Gasteiger partial charge in [0.1, 0.15) is 0 Å². The molecule has 2 rings (SSSR count). The van der Waals surface area contributed by atoms with Gasteiger partial charge in [0.25, 0.3) is 0 Å². The van der Waals surface area contributed by atoms with Crippen LogP contribution in [0.5, 0.6) is 0 Å². The number of rotatable bonds is 3. The van der Waals surface area contributed by atoms with E-state index in [4.69, 9.17) is 0 Å². The van der Waals surface area contributed by atoms with Crippen LogP contribution >= 0.6 is 0 Å². The number of amides is 1. The summed E-state index contributed by atoms with van der Waals surface area (Å²) in [5, 5.41) is 13.0. The topological polar surface area (TPSA) is 49.3 Å². The first-order valence-electron chi connectivity index (χ1n) is 7.59. The fraction of sp³-hybridized carbons (Fsp3) is 0.938. The molecule has 2 N–H and O–H groups in total. The zero-order chi connectivity index (χ0) is 14.5. The van der Waals surface area contributed by atoms with E-state index in [-0.39, 0.29) is 34.8 Å². The molecule has 0 saturated heterocycles. The molecule has 0 bridgehead atoms. The molecule has 19 heavy (non-hydrogen) atoms. The van der Waals surface area contributed by atoms with Crippen molar-refractivity contribution in [2.24, 2.45) is 22.7 Å². The molecule has 2 aliphatic rings. The lowest BCUT2D eigenvalue weighted by Crippen LogP contribution is -2.54. The van der Waals surface area contributed by atoms with Crippen LogP contribution in [0.4, 0.5) is 0 Å². The number of hydrogen-bond donors (Lipinski definition) is 2. The molecular weight excluding hydrogens is 238 g/mol. The second kappa shape index (κ2) is 4.47. The average Bonchev–Trinajstić information content (AvgIpc) is 2.69. The highest BCUT2D eigenvalue weighted by Crippen LogP contribution is 2.68. The maximum absolute atomic E-state index is 12.6. The molecule has 3 nitrogen and oxygen atoms in total. The summed E-state index contributed by atoms with van der Waals surface area (Å²) < 4.78 is 0. The van der Waals surface area contributed by atoms with E-state index in [0.29, 0.717) is 5.92 Å². The Labute approximate surface area is 117 Å². The minimum atomic E-state index is -0.372. The van der Waals surface area contributed by atoms with Crippen LogP contribution in [0.25, 0.3) is 0 Å². The van der Waals surface area contributed by atoms with E-state index in [0.717, 1.165) is 19.3 Å². The molecule has 2 unspecified atom stereocenters. The van der Waals surface area contributed by atoms with E-state index < -0.39 is 0 Å². The zero-order valence-corrected chi connectivity index (χ0v) is 13.0. The Morgan fingerprint density at radius 2 is 1.84 bits per heavy atom. The van der Waals surface area contributed by atoms with Crippen LogP contribution in [0, 0.1) is 22.7 Å². The first-order chi connectivity index (χ1) is 8.66. The van der Waals surface area contributed by atoms with Crippen molar-refractivity contribution in [1.29, 1.82) is 0 Å². The Morgan fingerprint density at radius 3 is 2.26 bits per heavy atom. The highest BCUT2D eigenvalue weighted by Gasteiger charge is 2.68. The van der Waals surface area contributed by atoms with Gasteiger partial charge in [0.15, 0.2) is 0 Å². The van der Waals surface area contributed by atoms with Crippen LogP contribution in [0.3, 0.4) is 0 Å². The first-order valence-corrected chi connectivity index (χ1v) is 7.59. The number of nitrogens with one attached hydrogen (secondary N) is 1. The molecule has 1 amide bonds. The van der Waals surface area contributed by atoms with E-state index in [1.807, 2.05) is 0 Å². The fourth-order valence-electron chi connectivity index (χ4n) is 4.14. The smallest absolute Gasteiger partial charge is 0.224 e. The normalized spacial score (nSPS) is 36.8. The second-order valence-corrected chi connectivity index (χ2v) is 8.01. The Balaban J connectivity index is 2.06. The van der Waals surface area contributed by atoms with Crippen molar-refractivity contribution >= 4 is 5.91 Å². The molecule has 0 heterocycles. The molecule has 2 fully saturated rings. The van der Waals surface area contributed by atoms with Crippen LogP contribution in [0.15, 0.2) is 0 Å². The Morgan fingerprint density at radius 1 is 1.26 bits per heavy atom. The van der Waals surface area contributed by atoms with E-state index in [1.165, 1.54) is 6.42 Å². The van der Waals surface area contributed by atoms with Crippen molar-refractivity contribution < 1.29 is 9.90 Å². The van der Waals surface area contributed by atoms with E-state index >= 15 is 0 Å². The largest absolute Gasteiger partial charge is 0.394 e. The molecule has 0 aromatic carbocycles. The van der Waals surface area contributed by atoms with Crippen molar-refractivity contribution in [3.8, 4) is 0 Å². The van der Waals surface area contributed by atoms with Crippen molar-refractivity contribution in [1.82, 2.24) is 5.32 Å². The monoisotopic (exact) mass is 267 g/mol. The summed E-state index contributed by atoms with van der Waals surface area (Å²) >= 11 is 0. The predicted molar refractivity (Wildman–Crippen MR) is 76.6 cm³/mol. The molecule has 0 radical (unpaired) electrons. The number of carbonyl (C=O) groups excluding carboxylic acids is 1. The lowest BCUT2D eigenvalue weighted by Gasteiger charge is -2.39. The van der Waals surface area contributed by atoms with Gasteiger partial charge < -0.3 is 10.4 Å². The van der Waals surface area contributed by atoms with Gasteiger partial charge in [0.05, 0.1) is 12.1 Å². The summed E-state index contributed by atoms with van der Waals surface area (Å²) in [5.41, 5.74) is -0.245. The summed E-state index contributed by atoms with van der Waals surface area (Å²) in [6.07, 6.45) is 4.12. The molecule has 110 valence electrons. The van der Waals surface area contributed by atoms with Crippen molar-refractivity contribution in [2.75, 3.05) is 6.61 Å². The zero-order valence-electron chi connectivity index (χ0n) is 13.0. The van der Waals surface area contributed by atoms with Crippen molar-refractivity contribution in [3.63, 3.8) is 0 Å². The molecule has 0 aromatic rings. The Hall–Kier alpha value is -0.570. The maximum Gasteiger partial charge on any atom is 0.224 e. The van der Waals surface area contributed by atoms with Crippen LogP contribution in [-0.4, -0.2) is 23.2 Å². The lowest BCUT2D eigenvalue weighted by atomic mass is 9.76. The third-order valence-corrected chi connectivity index (χ3v) is 6.07. The minimum Gasteiger partial charge on any atom is -0.394 e. The summed E-state index contributed by atoms with van der Waals surface area (Å²) in [6.45, 7) is 10.9. The van der Waals surface area contributed by atoms with Gasteiger partial charge in [-0.1, -0.05) is 47.5 Å². The third-order valence-electron chi connectivity index (χ3n) is 6.07. The molecule has 2 saturated carbocycles. The van der Waals surface area contributed by atoms with Gasteiger partial charge in [-0.3, -0.25) is 4.79 Å². The number of aliphatic hydroxyl groups excluding tert-OH is 1. The first kappa shape index (κ1) is 14.8. The summed E-state index contributed by atoms with van der Waals surface area (Å²) in [5.74, 6) is 0.792. The lowest BCUT2D eigenvalue weighted by molar-refractivity contribution is -0.126. The number of hydrogen-bond acceptors (Lipinski definition) is 2. The molecule has 2 aliphatic carbocycles. The maximum atomic E-state index is 12.6. The van der Waals surface area contributed by atoms with Crippen LogP contribution in [-0.2, 0) is 4.79 Å². The summed E-state index contributed by atoms with van der Waals surface area (Å²) in [6, 6.07) is 0. The fourth-order valence-corrected chi connectivity index (χ4v) is 4.14. The molecular formula is C16H29NO2. The van der Waals surface area contributed by atoms with E-state index in [1.54, 1.807) is 0 Å². The molecule has 0 aliphatic heterocycles. The molecule has 0 aromatic heterocycles. The van der Waals surface area contributed by atoms with E-state index in [2.05, 4.69) is 39.9 Å². The number of carbonyl (C=O) groups is 1. The highest BCUT2D eigenvalue weighted by molar-refractivity contribution is 5.84. The van der Waals surface area contributed by atoms with Crippen LogP contribution in [0.2, 0.25) is 0 Å². The van der Waals surface area contributed by atoms with Gasteiger partial charge in [-0.2, -0.15) is 0 Å². The van der Waals surface area contributed by atoms with Gasteiger partial charge in [0.2, 0.25) is 5.91 Å². The van der Waals surface area contributed by atoms with Gasteiger partial charge >= 0.3 is 0 Å². The van der Waals surface area contributed by atoms with E-state index in [9.17, 15) is 9.90 Å². The quantitative estimate of drug-likeness (QED) is 0.826. The third kappa shape index (κ3) is 2.31. The highest BCUT2D eigenvalue weighted by atomic mass is 16.3. The molecule has 2 atom stereocenters. The van der Waals surface area contributed by atoms with Gasteiger partial charge in [-0.05, 0) is 29.6 Å². The Kier molecular flexibility index (Phi) is 3.49. The van der Waals surface area contributed by atoms with Gasteiger partial charge in [-0.25, -0.2) is 0 Å². The average molecular weight is 267 g/mol. The molecule has 3 heteroatoms. The number of aliphatic hydroxyl groups is 1.